The molecule has 0 bridgehead atoms. The quantitative estimate of drug-likeness (QED) is 0.359. The Bertz CT molecular complexity index is 1140. The summed E-state index contributed by atoms with van der Waals surface area (Å²) >= 11 is 13.5. The predicted octanol–water partition coefficient (Wildman–Crippen LogP) is 5.27. The van der Waals surface area contributed by atoms with Crippen LogP contribution in [0.2, 0.25) is 10.0 Å². The number of carbonyl (C=O) groups is 1. The summed E-state index contributed by atoms with van der Waals surface area (Å²) in [6.45, 7) is 0.0666. The monoisotopic (exact) mass is 447 g/mol. The number of hydrogen-bond donors (Lipinski definition) is 0. The third kappa shape index (κ3) is 4.93. The molecule has 0 fully saturated rings. The van der Waals surface area contributed by atoms with Crippen LogP contribution in [0.1, 0.15) is 11.4 Å². The summed E-state index contributed by atoms with van der Waals surface area (Å²) in [4.78, 5) is 20.8. The van der Waals surface area contributed by atoms with E-state index in [1.807, 2.05) is 30.3 Å². The Kier molecular flexibility index (Phi) is 6.08. The van der Waals surface area contributed by atoms with Crippen LogP contribution < -0.4 is 0 Å². The molecular weight excluding hydrogens is 433 g/mol. The number of rotatable bonds is 7. The van der Waals surface area contributed by atoms with Crippen molar-refractivity contribution in [2.24, 2.45) is 0 Å². The molecule has 0 atom stereocenters. The molecule has 0 saturated carbocycles. The van der Waals surface area contributed by atoms with Crippen LogP contribution in [0.5, 0.6) is 0 Å². The highest BCUT2D eigenvalue weighted by atomic mass is 35.5. The Morgan fingerprint density at radius 1 is 1.14 bits per heavy atom. The second-order valence-corrected chi connectivity index (χ2v) is 7.96. The second kappa shape index (κ2) is 8.90. The van der Waals surface area contributed by atoms with Crippen molar-refractivity contribution < 1.29 is 13.9 Å². The second-order valence-electron chi connectivity index (χ2n) is 6.13. The normalized spacial score (nSPS) is 11.1. The van der Waals surface area contributed by atoms with Crippen molar-refractivity contribution in [1.29, 1.82) is 0 Å². The van der Waals surface area contributed by atoms with E-state index in [0.717, 1.165) is 11.3 Å². The van der Waals surface area contributed by atoms with E-state index < -0.39 is 0 Å². The molecule has 3 aromatic heterocycles. The molecule has 1 aromatic carbocycles. The summed E-state index contributed by atoms with van der Waals surface area (Å²) in [5.74, 6) is 0.985. The van der Waals surface area contributed by atoms with E-state index in [1.165, 1.54) is 11.8 Å². The van der Waals surface area contributed by atoms with Crippen LogP contribution >= 0.6 is 35.0 Å². The number of aromatic nitrogens is 3. The maximum atomic E-state index is 12.0. The van der Waals surface area contributed by atoms with E-state index in [1.54, 1.807) is 29.1 Å². The van der Waals surface area contributed by atoms with Gasteiger partial charge in [0.1, 0.15) is 12.9 Å². The van der Waals surface area contributed by atoms with Gasteiger partial charge in [-0.15, -0.1) is 11.8 Å². The molecule has 0 aliphatic rings. The zero-order chi connectivity index (χ0) is 20.2. The molecule has 29 heavy (non-hydrogen) atoms. The van der Waals surface area contributed by atoms with E-state index in [9.17, 15) is 4.79 Å². The predicted molar refractivity (Wildman–Crippen MR) is 113 cm³/mol. The first-order valence-corrected chi connectivity index (χ1v) is 10.6. The minimum absolute atomic E-state index is 0.0666. The van der Waals surface area contributed by atoms with E-state index in [-0.39, 0.29) is 18.3 Å². The first kappa shape index (κ1) is 19.8. The van der Waals surface area contributed by atoms with Gasteiger partial charge in [-0.05, 0) is 18.2 Å². The number of thioether (sulfide) groups is 1. The fourth-order valence-electron chi connectivity index (χ4n) is 2.67. The van der Waals surface area contributed by atoms with Crippen molar-refractivity contribution in [1.82, 2.24) is 14.4 Å². The molecule has 0 aliphatic heterocycles. The van der Waals surface area contributed by atoms with Gasteiger partial charge in [-0.2, -0.15) is 0 Å². The molecular formula is C20H15Cl2N3O3S. The minimum atomic E-state index is -0.331. The van der Waals surface area contributed by atoms with Gasteiger partial charge in [0, 0.05) is 23.7 Å². The van der Waals surface area contributed by atoms with Gasteiger partial charge in [-0.1, -0.05) is 41.4 Å². The van der Waals surface area contributed by atoms with Gasteiger partial charge in [0.15, 0.2) is 5.65 Å². The Labute approximate surface area is 180 Å². The van der Waals surface area contributed by atoms with Crippen LogP contribution in [0.4, 0.5) is 0 Å². The van der Waals surface area contributed by atoms with E-state index in [4.69, 9.17) is 32.4 Å². The average Bonchev–Trinajstić information content (AvgIpc) is 3.34. The number of hydrogen-bond acceptors (Lipinski definition) is 6. The van der Waals surface area contributed by atoms with Gasteiger partial charge in [0.2, 0.25) is 5.89 Å². The highest BCUT2D eigenvalue weighted by Crippen LogP contribution is 2.22. The molecule has 9 heteroatoms. The van der Waals surface area contributed by atoms with Crippen LogP contribution in [0.3, 0.4) is 0 Å². The van der Waals surface area contributed by atoms with Gasteiger partial charge < -0.3 is 13.6 Å². The SMILES string of the molecule is O=C(CSCc1coc(-c2ccccc2)n1)OCc1cn2cc(Cl)cc(Cl)c2n1. The number of benzene rings is 1. The fraction of sp³-hybridized carbons (Fsp3) is 0.150. The largest absolute Gasteiger partial charge is 0.458 e. The summed E-state index contributed by atoms with van der Waals surface area (Å²) in [5.41, 5.74) is 2.85. The number of pyridine rings is 1. The van der Waals surface area contributed by atoms with Crippen LogP contribution in [-0.2, 0) is 21.9 Å². The van der Waals surface area contributed by atoms with E-state index >= 15 is 0 Å². The number of oxazole rings is 1. The molecule has 0 radical (unpaired) electrons. The Balaban J connectivity index is 1.26. The Morgan fingerprint density at radius 2 is 1.97 bits per heavy atom. The standard InChI is InChI=1S/C20H15Cl2N3O3S/c21-14-6-17(22)19-23-15(8-25(19)7-14)9-27-18(26)12-29-11-16-10-28-20(24-16)13-4-2-1-3-5-13/h1-8,10H,9,11-12H2. The lowest BCUT2D eigenvalue weighted by Gasteiger charge is -2.01. The molecule has 0 spiro atoms. The molecule has 0 N–H and O–H groups in total. The number of esters is 1. The number of ether oxygens (including phenoxy) is 1. The average molecular weight is 448 g/mol. The smallest absolute Gasteiger partial charge is 0.316 e. The summed E-state index contributed by atoms with van der Waals surface area (Å²) in [6, 6.07) is 11.3. The molecule has 4 aromatic rings. The summed E-state index contributed by atoms with van der Waals surface area (Å²) in [7, 11) is 0. The third-order valence-corrected chi connectivity index (χ3v) is 5.37. The number of imidazole rings is 1. The fourth-order valence-corrected chi connectivity index (χ4v) is 3.89. The molecule has 6 nitrogen and oxygen atoms in total. The molecule has 148 valence electrons. The van der Waals surface area contributed by atoms with E-state index in [0.29, 0.717) is 33.0 Å². The van der Waals surface area contributed by atoms with Gasteiger partial charge in [-0.3, -0.25) is 4.79 Å². The Morgan fingerprint density at radius 3 is 2.79 bits per heavy atom. The van der Waals surface area contributed by atoms with Crippen LogP contribution in [0.15, 0.2) is 59.5 Å². The number of halogens is 2. The van der Waals surface area contributed by atoms with Crippen molar-refractivity contribution in [3.8, 4) is 11.5 Å². The van der Waals surface area contributed by atoms with E-state index in [2.05, 4.69) is 9.97 Å². The van der Waals surface area contributed by atoms with Gasteiger partial charge in [0.25, 0.3) is 0 Å². The van der Waals surface area contributed by atoms with Gasteiger partial charge in [0.05, 0.1) is 27.2 Å². The maximum absolute atomic E-state index is 12.0. The molecule has 0 unspecified atom stereocenters. The zero-order valence-corrected chi connectivity index (χ0v) is 17.4. The lowest BCUT2D eigenvalue weighted by molar-refractivity contribution is -0.141. The number of nitrogens with zero attached hydrogens (tertiary/aromatic N) is 3. The van der Waals surface area contributed by atoms with Crippen molar-refractivity contribution >= 4 is 46.6 Å². The van der Waals surface area contributed by atoms with Crippen LogP contribution in [0, 0.1) is 0 Å². The lowest BCUT2D eigenvalue weighted by Crippen LogP contribution is -2.07. The lowest BCUT2D eigenvalue weighted by atomic mass is 10.2. The minimum Gasteiger partial charge on any atom is -0.458 e. The zero-order valence-electron chi connectivity index (χ0n) is 15.0. The van der Waals surface area contributed by atoms with Crippen molar-refractivity contribution in [3.63, 3.8) is 0 Å². The number of carbonyl (C=O) groups excluding carboxylic acids is 1. The van der Waals surface area contributed by atoms with Crippen molar-refractivity contribution in [2.75, 3.05) is 5.75 Å². The van der Waals surface area contributed by atoms with Crippen LogP contribution in [-0.4, -0.2) is 26.1 Å². The molecule has 0 saturated heterocycles. The van der Waals surface area contributed by atoms with Crippen LogP contribution in [0.25, 0.3) is 17.1 Å². The maximum Gasteiger partial charge on any atom is 0.316 e. The highest BCUT2D eigenvalue weighted by Gasteiger charge is 2.11. The summed E-state index contributed by atoms with van der Waals surface area (Å²) < 4.78 is 12.5. The molecule has 0 amide bonds. The Hall–Kier alpha value is -2.48. The first-order valence-electron chi connectivity index (χ1n) is 8.64. The molecule has 4 rings (SSSR count). The van der Waals surface area contributed by atoms with Gasteiger partial charge in [-0.25, -0.2) is 9.97 Å². The highest BCUT2D eigenvalue weighted by molar-refractivity contribution is 7.99. The molecule has 0 aliphatic carbocycles. The summed E-state index contributed by atoms with van der Waals surface area (Å²) in [5, 5.41) is 0.941. The number of fused-ring (bicyclic) bond motifs is 1. The summed E-state index contributed by atoms with van der Waals surface area (Å²) in [6.07, 6.45) is 5.03. The molecule has 3 heterocycles. The van der Waals surface area contributed by atoms with Gasteiger partial charge >= 0.3 is 5.97 Å². The first-order chi connectivity index (χ1) is 14.1. The topological polar surface area (TPSA) is 69.6 Å². The third-order valence-electron chi connectivity index (χ3n) is 3.95. The van der Waals surface area contributed by atoms with Crippen molar-refractivity contribution in [3.05, 3.63) is 76.5 Å². The van der Waals surface area contributed by atoms with Crippen molar-refractivity contribution in [2.45, 2.75) is 12.4 Å².